The number of carbonyl (C=O) groups excluding carboxylic acids is 2. The average Bonchev–Trinajstić information content (AvgIpc) is 2.94. The van der Waals surface area contributed by atoms with Crippen LogP contribution in [0.25, 0.3) is 0 Å². The fourth-order valence-electron chi connectivity index (χ4n) is 4.12. The molecule has 0 saturated carbocycles. The van der Waals surface area contributed by atoms with Crippen LogP contribution in [0.15, 0.2) is 78.9 Å². The van der Waals surface area contributed by atoms with Crippen LogP contribution < -0.4 is 14.8 Å². The van der Waals surface area contributed by atoms with Crippen molar-refractivity contribution in [1.29, 1.82) is 0 Å². The van der Waals surface area contributed by atoms with E-state index in [0.29, 0.717) is 36.8 Å². The topological polar surface area (TPSA) is 67.9 Å². The quantitative estimate of drug-likeness (QED) is 0.240. The standard InChI is InChI=1S/C31H37ClN2O4/c1-3-4-19-33-31(36)29(22-24-10-6-5-7-11-24)34(23-25-12-8-13-26(32)21-25)30(35)14-9-20-38-28-17-15-27(37-2)16-18-28/h5-8,10-13,15-18,21,29H,3-4,9,14,19-20,22-23H2,1-2H3,(H,33,36)/t29-/m0/s1. The van der Waals surface area contributed by atoms with Gasteiger partial charge in [-0.05, 0) is 60.4 Å². The lowest BCUT2D eigenvalue weighted by Gasteiger charge is -2.31. The first kappa shape index (κ1) is 29.1. The number of halogens is 1. The number of hydrogen-bond donors (Lipinski definition) is 1. The van der Waals surface area contributed by atoms with Gasteiger partial charge in [0.05, 0.1) is 13.7 Å². The summed E-state index contributed by atoms with van der Waals surface area (Å²) in [6.45, 7) is 3.33. The van der Waals surface area contributed by atoms with Crippen LogP contribution in [-0.4, -0.2) is 43.0 Å². The Labute approximate surface area is 230 Å². The van der Waals surface area contributed by atoms with Gasteiger partial charge in [-0.2, -0.15) is 0 Å². The molecule has 1 atom stereocenters. The molecule has 0 aromatic heterocycles. The molecule has 0 radical (unpaired) electrons. The van der Waals surface area contributed by atoms with Crippen LogP contribution in [0.1, 0.15) is 43.7 Å². The number of carbonyl (C=O) groups is 2. The number of nitrogens with zero attached hydrogens (tertiary/aromatic N) is 1. The number of ether oxygens (including phenoxy) is 2. The number of nitrogens with one attached hydrogen (secondary N) is 1. The molecule has 0 unspecified atom stereocenters. The predicted octanol–water partition coefficient (Wildman–Crippen LogP) is 6.06. The highest BCUT2D eigenvalue weighted by atomic mass is 35.5. The normalized spacial score (nSPS) is 11.4. The average molecular weight is 537 g/mol. The third kappa shape index (κ3) is 9.42. The number of unbranched alkanes of at least 4 members (excludes halogenated alkanes) is 1. The first-order valence-electron chi connectivity index (χ1n) is 13.1. The lowest BCUT2D eigenvalue weighted by molar-refractivity contribution is -0.141. The van der Waals surface area contributed by atoms with Crippen LogP contribution in [0.2, 0.25) is 5.02 Å². The first-order chi connectivity index (χ1) is 18.5. The second-order valence-corrected chi connectivity index (χ2v) is 9.57. The van der Waals surface area contributed by atoms with Gasteiger partial charge < -0.3 is 19.7 Å². The molecule has 38 heavy (non-hydrogen) atoms. The van der Waals surface area contributed by atoms with E-state index in [0.717, 1.165) is 29.7 Å². The summed E-state index contributed by atoms with van der Waals surface area (Å²) in [5, 5.41) is 3.63. The van der Waals surface area contributed by atoms with Gasteiger partial charge in [-0.3, -0.25) is 9.59 Å². The Morgan fingerprint density at radius 2 is 1.63 bits per heavy atom. The highest BCUT2D eigenvalue weighted by molar-refractivity contribution is 6.30. The van der Waals surface area contributed by atoms with Gasteiger partial charge in [0.15, 0.2) is 0 Å². The van der Waals surface area contributed by atoms with Crippen molar-refractivity contribution in [3.63, 3.8) is 0 Å². The Hall–Kier alpha value is -3.51. The van der Waals surface area contributed by atoms with E-state index >= 15 is 0 Å². The molecular formula is C31H37ClN2O4. The smallest absolute Gasteiger partial charge is 0.243 e. The zero-order chi connectivity index (χ0) is 27.2. The van der Waals surface area contributed by atoms with Gasteiger partial charge >= 0.3 is 0 Å². The molecule has 0 aliphatic rings. The molecule has 0 heterocycles. The Morgan fingerprint density at radius 3 is 2.32 bits per heavy atom. The number of hydrogen-bond acceptors (Lipinski definition) is 4. The Morgan fingerprint density at radius 1 is 0.921 bits per heavy atom. The SMILES string of the molecule is CCCCNC(=O)[C@H](Cc1ccccc1)N(Cc1cccc(Cl)c1)C(=O)CCCOc1ccc(OC)cc1. The molecule has 1 N–H and O–H groups in total. The lowest BCUT2D eigenvalue weighted by atomic mass is 10.0. The second-order valence-electron chi connectivity index (χ2n) is 9.13. The van der Waals surface area contributed by atoms with Crippen LogP contribution >= 0.6 is 11.6 Å². The van der Waals surface area contributed by atoms with Crippen molar-refractivity contribution in [3.8, 4) is 11.5 Å². The molecule has 3 aromatic carbocycles. The van der Waals surface area contributed by atoms with Crippen molar-refractivity contribution in [2.45, 2.75) is 51.6 Å². The monoisotopic (exact) mass is 536 g/mol. The maximum absolute atomic E-state index is 13.6. The molecule has 0 aliphatic carbocycles. The summed E-state index contributed by atoms with van der Waals surface area (Å²) >= 11 is 6.24. The highest BCUT2D eigenvalue weighted by Gasteiger charge is 2.30. The maximum Gasteiger partial charge on any atom is 0.243 e. The van der Waals surface area contributed by atoms with Crippen molar-refractivity contribution in [1.82, 2.24) is 10.2 Å². The molecule has 0 saturated heterocycles. The molecule has 0 spiro atoms. The van der Waals surface area contributed by atoms with E-state index in [1.54, 1.807) is 18.1 Å². The van der Waals surface area contributed by atoms with E-state index in [1.807, 2.05) is 72.8 Å². The van der Waals surface area contributed by atoms with Crippen molar-refractivity contribution >= 4 is 23.4 Å². The largest absolute Gasteiger partial charge is 0.497 e. The first-order valence-corrected chi connectivity index (χ1v) is 13.5. The number of methoxy groups -OCH3 is 1. The molecule has 202 valence electrons. The van der Waals surface area contributed by atoms with Crippen LogP contribution in [-0.2, 0) is 22.6 Å². The van der Waals surface area contributed by atoms with Crippen molar-refractivity contribution < 1.29 is 19.1 Å². The van der Waals surface area contributed by atoms with Crippen LogP contribution in [0.5, 0.6) is 11.5 Å². The van der Waals surface area contributed by atoms with Crippen LogP contribution in [0.3, 0.4) is 0 Å². The minimum atomic E-state index is -0.650. The van der Waals surface area contributed by atoms with Crippen molar-refractivity contribution in [2.75, 3.05) is 20.3 Å². The summed E-state index contributed by atoms with van der Waals surface area (Å²) in [7, 11) is 1.62. The molecule has 0 fully saturated rings. The molecule has 0 aliphatic heterocycles. The zero-order valence-electron chi connectivity index (χ0n) is 22.2. The third-order valence-corrected chi connectivity index (χ3v) is 6.44. The molecule has 6 nitrogen and oxygen atoms in total. The Balaban J connectivity index is 1.75. The summed E-state index contributed by atoms with van der Waals surface area (Å²) in [6, 6.07) is 23.9. The van der Waals surface area contributed by atoms with E-state index in [9.17, 15) is 9.59 Å². The van der Waals surface area contributed by atoms with Gasteiger partial charge in [0.1, 0.15) is 17.5 Å². The van der Waals surface area contributed by atoms with E-state index in [-0.39, 0.29) is 24.8 Å². The van der Waals surface area contributed by atoms with Gasteiger partial charge in [0.25, 0.3) is 0 Å². The molecule has 3 aromatic rings. The van der Waals surface area contributed by atoms with E-state index in [4.69, 9.17) is 21.1 Å². The molecule has 7 heteroatoms. The lowest BCUT2D eigenvalue weighted by Crippen LogP contribution is -2.50. The molecule has 2 amide bonds. The fourth-order valence-corrected chi connectivity index (χ4v) is 4.33. The fraction of sp³-hybridized carbons (Fsp3) is 0.355. The Bertz CT molecular complexity index is 1140. The van der Waals surface area contributed by atoms with Crippen molar-refractivity contribution in [3.05, 3.63) is 95.0 Å². The second kappa shape index (κ2) is 15.7. The van der Waals surface area contributed by atoms with E-state index < -0.39 is 6.04 Å². The van der Waals surface area contributed by atoms with Gasteiger partial charge in [-0.1, -0.05) is 67.4 Å². The molecule has 3 rings (SSSR count). The predicted molar refractivity (Wildman–Crippen MR) is 152 cm³/mol. The van der Waals surface area contributed by atoms with Gasteiger partial charge in [-0.25, -0.2) is 0 Å². The van der Waals surface area contributed by atoms with Crippen LogP contribution in [0, 0.1) is 0 Å². The summed E-state index contributed by atoms with van der Waals surface area (Å²) < 4.78 is 11.0. The third-order valence-electron chi connectivity index (χ3n) is 6.21. The van der Waals surface area contributed by atoms with Gasteiger partial charge in [0, 0.05) is 31.0 Å². The minimum absolute atomic E-state index is 0.102. The zero-order valence-corrected chi connectivity index (χ0v) is 23.0. The van der Waals surface area contributed by atoms with Crippen LogP contribution in [0.4, 0.5) is 0 Å². The van der Waals surface area contributed by atoms with Crippen molar-refractivity contribution in [2.24, 2.45) is 0 Å². The Kier molecular flexibility index (Phi) is 12.0. The van der Waals surface area contributed by atoms with E-state index in [1.165, 1.54) is 0 Å². The van der Waals surface area contributed by atoms with Gasteiger partial charge in [-0.15, -0.1) is 0 Å². The molecule has 0 bridgehead atoms. The minimum Gasteiger partial charge on any atom is -0.497 e. The number of amides is 2. The highest BCUT2D eigenvalue weighted by Crippen LogP contribution is 2.20. The van der Waals surface area contributed by atoms with Gasteiger partial charge in [0.2, 0.25) is 11.8 Å². The summed E-state index contributed by atoms with van der Waals surface area (Å²) in [6.07, 6.45) is 3.06. The number of benzene rings is 3. The number of rotatable bonds is 15. The summed E-state index contributed by atoms with van der Waals surface area (Å²) in [5.74, 6) is 1.22. The summed E-state index contributed by atoms with van der Waals surface area (Å²) in [5.41, 5.74) is 1.87. The maximum atomic E-state index is 13.6. The van der Waals surface area contributed by atoms with E-state index in [2.05, 4.69) is 12.2 Å². The summed E-state index contributed by atoms with van der Waals surface area (Å²) in [4.78, 5) is 28.7. The molecular weight excluding hydrogens is 500 g/mol.